The third kappa shape index (κ3) is 3.06. The van der Waals surface area contributed by atoms with Gasteiger partial charge in [0.05, 0.1) is 0 Å². The second-order valence-corrected chi connectivity index (χ2v) is 6.76. The van der Waals surface area contributed by atoms with E-state index < -0.39 is 0 Å². The average Bonchev–Trinajstić information content (AvgIpc) is 2.79. The first-order valence-electron chi connectivity index (χ1n) is 7.72. The molecule has 3 heteroatoms. The summed E-state index contributed by atoms with van der Waals surface area (Å²) in [7, 11) is 0. The van der Waals surface area contributed by atoms with Crippen LogP contribution in [0.25, 0.3) is 0 Å². The van der Waals surface area contributed by atoms with Crippen LogP contribution in [0.15, 0.2) is 0 Å². The van der Waals surface area contributed by atoms with Gasteiger partial charge in [-0.25, -0.2) is 0 Å². The molecule has 2 aliphatic rings. The molecule has 1 atom stereocenters. The highest BCUT2D eigenvalue weighted by atomic mass is 16.5. The van der Waals surface area contributed by atoms with Crippen LogP contribution in [0, 0.1) is 17.3 Å². The summed E-state index contributed by atoms with van der Waals surface area (Å²) in [5.41, 5.74) is 3.65. The Morgan fingerprint density at radius 1 is 1.22 bits per heavy atom. The van der Waals surface area contributed by atoms with Crippen LogP contribution in [-0.2, 0) is 4.74 Å². The van der Waals surface area contributed by atoms with Gasteiger partial charge in [0.15, 0.2) is 0 Å². The second kappa shape index (κ2) is 6.36. The fraction of sp³-hybridized carbons (Fsp3) is 1.00. The van der Waals surface area contributed by atoms with Crippen molar-refractivity contribution in [2.45, 2.75) is 64.8 Å². The molecule has 3 nitrogen and oxygen atoms in total. The summed E-state index contributed by atoms with van der Waals surface area (Å²) in [6, 6.07) is 0.492. The lowest BCUT2D eigenvalue weighted by atomic mass is 9.67. The number of hydrazine groups is 1. The molecule has 3 N–H and O–H groups in total. The molecule has 1 saturated carbocycles. The van der Waals surface area contributed by atoms with Crippen LogP contribution in [-0.4, -0.2) is 19.3 Å². The van der Waals surface area contributed by atoms with Crippen LogP contribution in [0.2, 0.25) is 0 Å². The predicted molar refractivity (Wildman–Crippen MR) is 75.0 cm³/mol. The van der Waals surface area contributed by atoms with Gasteiger partial charge in [-0.05, 0) is 49.4 Å². The van der Waals surface area contributed by atoms with E-state index in [4.69, 9.17) is 10.6 Å². The minimum Gasteiger partial charge on any atom is -0.381 e. The monoisotopic (exact) mass is 254 g/mol. The molecule has 0 aromatic rings. The zero-order valence-corrected chi connectivity index (χ0v) is 12.1. The minimum atomic E-state index is 0.449. The van der Waals surface area contributed by atoms with E-state index in [1.807, 2.05) is 0 Å². The molecule has 2 rings (SSSR count). The predicted octanol–water partition coefficient (Wildman–Crippen LogP) is 2.85. The second-order valence-electron chi connectivity index (χ2n) is 6.76. The van der Waals surface area contributed by atoms with Gasteiger partial charge in [-0.3, -0.25) is 11.3 Å². The van der Waals surface area contributed by atoms with Crippen LogP contribution >= 0.6 is 0 Å². The maximum Gasteiger partial charge on any atom is 0.0469 e. The third-order valence-corrected chi connectivity index (χ3v) is 4.99. The molecule has 1 aliphatic carbocycles. The van der Waals surface area contributed by atoms with Crippen molar-refractivity contribution in [2.75, 3.05) is 13.2 Å². The Morgan fingerprint density at radius 2 is 1.83 bits per heavy atom. The topological polar surface area (TPSA) is 47.3 Å². The van der Waals surface area contributed by atoms with E-state index in [0.29, 0.717) is 17.4 Å². The molecule has 0 aromatic carbocycles. The molecule has 2 fully saturated rings. The summed E-state index contributed by atoms with van der Waals surface area (Å²) in [4.78, 5) is 0. The van der Waals surface area contributed by atoms with Crippen molar-refractivity contribution in [3.05, 3.63) is 0 Å². The van der Waals surface area contributed by atoms with E-state index in [-0.39, 0.29) is 0 Å². The average molecular weight is 254 g/mol. The van der Waals surface area contributed by atoms with Crippen molar-refractivity contribution >= 4 is 0 Å². The van der Waals surface area contributed by atoms with Gasteiger partial charge >= 0.3 is 0 Å². The van der Waals surface area contributed by atoms with Crippen LogP contribution in [0.3, 0.4) is 0 Å². The maximum absolute atomic E-state index is 5.95. The lowest BCUT2D eigenvalue weighted by Crippen LogP contribution is -2.53. The van der Waals surface area contributed by atoms with Gasteiger partial charge in [0.25, 0.3) is 0 Å². The molecular weight excluding hydrogens is 224 g/mol. The summed E-state index contributed by atoms with van der Waals surface area (Å²) in [6.07, 6.45) is 9.15. The Kier molecular flexibility index (Phi) is 5.05. The normalized spacial score (nSPS) is 26.7. The molecule has 1 aliphatic heterocycles. The molecule has 0 aromatic heterocycles. The molecule has 0 bridgehead atoms. The highest BCUT2D eigenvalue weighted by molar-refractivity contribution is 4.98. The first-order valence-corrected chi connectivity index (χ1v) is 7.72. The number of hydrogen-bond donors (Lipinski definition) is 2. The van der Waals surface area contributed by atoms with Crippen molar-refractivity contribution < 1.29 is 4.74 Å². The SMILES string of the molecule is CC(C)CC1(C(NN)C2CCOCC2)CCCC1. The smallest absolute Gasteiger partial charge is 0.0469 e. The Morgan fingerprint density at radius 3 is 2.33 bits per heavy atom. The molecule has 106 valence electrons. The van der Waals surface area contributed by atoms with Gasteiger partial charge in [-0.2, -0.15) is 0 Å². The summed E-state index contributed by atoms with van der Waals surface area (Å²) in [5.74, 6) is 7.43. The summed E-state index contributed by atoms with van der Waals surface area (Å²) >= 11 is 0. The Balaban J connectivity index is 2.10. The molecule has 0 amide bonds. The lowest BCUT2D eigenvalue weighted by Gasteiger charge is -2.44. The van der Waals surface area contributed by atoms with Crippen LogP contribution in [0.1, 0.15) is 58.8 Å². The number of hydrogen-bond acceptors (Lipinski definition) is 3. The van der Waals surface area contributed by atoms with Gasteiger partial charge in [0.2, 0.25) is 0 Å². The van der Waals surface area contributed by atoms with Crippen molar-refractivity contribution in [3.8, 4) is 0 Å². The Labute approximate surface area is 112 Å². The zero-order chi connectivity index (χ0) is 13.0. The number of ether oxygens (including phenoxy) is 1. The van der Waals surface area contributed by atoms with Crippen LogP contribution in [0.4, 0.5) is 0 Å². The van der Waals surface area contributed by atoms with Crippen molar-refractivity contribution in [1.82, 2.24) is 5.43 Å². The van der Waals surface area contributed by atoms with E-state index in [2.05, 4.69) is 19.3 Å². The first kappa shape index (κ1) is 14.3. The van der Waals surface area contributed by atoms with Gasteiger partial charge in [-0.1, -0.05) is 26.7 Å². The largest absolute Gasteiger partial charge is 0.381 e. The Bertz CT molecular complexity index is 243. The highest BCUT2D eigenvalue weighted by Crippen LogP contribution is 2.48. The quantitative estimate of drug-likeness (QED) is 0.586. The molecule has 1 unspecified atom stereocenters. The molecule has 18 heavy (non-hydrogen) atoms. The van der Waals surface area contributed by atoms with Crippen LogP contribution in [0.5, 0.6) is 0 Å². The Hall–Kier alpha value is -0.120. The van der Waals surface area contributed by atoms with E-state index >= 15 is 0 Å². The minimum absolute atomic E-state index is 0.449. The first-order chi connectivity index (χ1) is 8.68. The number of rotatable bonds is 5. The fourth-order valence-corrected chi connectivity index (χ4v) is 4.40. The van der Waals surface area contributed by atoms with Crippen molar-refractivity contribution in [1.29, 1.82) is 0 Å². The van der Waals surface area contributed by atoms with Crippen molar-refractivity contribution in [2.24, 2.45) is 23.1 Å². The zero-order valence-electron chi connectivity index (χ0n) is 12.1. The van der Waals surface area contributed by atoms with E-state index in [1.165, 1.54) is 44.9 Å². The number of nitrogens with two attached hydrogens (primary N) is 1. The molecule has 0 spiro atoms. The lowest BCUT2D eigenvalue weighted by molar-refractivity contribution is 0.0182. The van der Waals surface area contributed by atoms with Crippen molar-refractivity contribution in [3.63, 3.8) is 0 Å². The van der Waals surface area contributed by atoms with Crippen LogP contribution < -0.4 is 11.3 Å². The molecular formula is C15H30N2O. The van der Waals surface area contributed by atoms with Gasteiger partial charge in [0, 0.05) is 19.3 Å². The molecule has 1 heterocycles. The summed E-state index contributed by atoms with van der Waals surface area (Å²) < 4.78 is 5.50. The van der Waals surface area contributed by atoms with E-state index in [1.54, 1.807) is 0 Å². The summed E-state index contributed by atoms with van der Waals surface area (Å²) in [6.45, 7) is 6.52. The van der Waals surface area contributed by atoms with E-state index in [9.17, 15) is 0 Å². The van der Waals surface area contributed by atoms with Gasteiger partial charge in [0.1, 0.15) is 0 Å². The highest BCUT2D eigenvalue weighted by Gasteiger charge is 2.44. The molecule has 0 radical (unpaired) electrons. The van der Waals surface area contributed by atoms with Gasteiger partial charge in [-0.15, -0.1) is 0 Å². The number of nitrogens with one attached hydrogen (secondary N) is 1. The standard InChI is InChI=1S/C15H30N2O/c1-12(2)11-15(7-3-4-8-15)14(17-16)13-5-9-18-10-6-13/h12-14,17H,3-11,16H2,1-2H3. The molecule has 1 saturated heterocycles. The van der Waals surface area contributed by atoms with E-state index in [0.717, 1.165) is 19.1 Å². The third-order valence-electron chi connectivity index (χ3n) is 4.99. The summed E-state index contributed by atoms with van der Waals surface area (Å²) in [5, 5.41) is 0. The van der Waals surface area contributed by atoms with Gasteiger partial charge < -0.3 is 4.74 Å². The maximum atomic E-state index is 5.95. The fourth-order valence-electron chi connectivity index (χ4n) is 4.40.